The number of fused-ring (bicyclic) bond motifs is 1. The number of hydrogen-bond donors (Lipinski definition) is 1. The number of benzene rings is 1. The molecule has 3 nitrogen and oxygen atoms in total. The normalized spacial score (nSPS) is 18.7. The molecule has 0 radical (unpaired) electrons. The minimum atomic E-state index is 0.282. The van der Waals surface area contributed by atoms with Crippen LogP contribution in [0.1, 0.15) is 31.5 Å². The van der Waals surface area contributed by atoms with E-state index in [9.17, 15) is 5.11 Å². The summed E-state index contributed by atoms with van der Waals surface area (Å²) in [5.41, 5.74) is 2.24. The van der Waals surface area contributed by atoms with Crippen molar-refractivity contribution in [3.63, 3.8) is 0 Å². The fourth-order valence-corrected chi connectivity index (χ4v) is 3.24. The Balaban J connectivity index is 2.18. The summed E-state index contributed by atoms with van der Waals surface area (Å²) < 4.78 is 3.23. The summed E-state index contributed by atoms with van der Waals surface area (Å²) in [5.74, 6) is 1.23. The van der Waals surface area contributed by atoms with Crippen molar-refractivity contribution in [1.29, 1.82) is 0 Å². The molecule has 0 fully saturated rings. The largest absolute Gasteiger partial charge is 0.508 e. The smallest absolute Gasteiger partial charge is 0.141 e. The van der Waals surface area contributed by atoms with Gasteiger partial charge in [-0.3, -0.25) is 0 Å². The Kier molecular flexibility index (Phi) is 2.90. The Morgan fingerprint density at radius 1 is 1.44 bits per heavy atom. The quantitative estimate of drug-likeness (QED) is 0.867. The summed E-state index contributed by atoms with van der Waals surface area (Å²) in [6, 6.07) is 7.76. The highest BCUT2D eigenvalue weighted by atomic mass is 79.9. The summed E-state index contributed by atoms with van der Waals surface area (Å²) in [7, 11) is 0. The van der Waals surface area contributed by atoms with Gasteiger partial charge in [0, 0.05) is 11.6 Å². The van der Waals surface area contributed by atoms with Gasteiger partial charge in [0.1, 0.15) is 16.2 Å². The van der Waals surface area contributed by atoms with E-state index in [0.29, 0.717) is 6.04 Å². The van der Waals surface area contributed by atoms with Gasteiger partial charge in [0.25, 0.3) is 0 Å². The third kappa shape index (κ3) is 1.85. The lowest BCUT2D eigenvalue weighted by Gasteiger charge is -2.24. The van der Waals surface area contributed by atoms with Gasteiger partial charge < -0.3 is 9.67 Å². The molecule has 4 heteroatoms. The third-order valence-electron chi connectivity index (χ3n) is 3.54. The SMILES string of the molecule is CC1CCCc2c(Br)nc(-c3cccc(O)c3)n21. The number of halogens is 1. The number of aromatic nitrogens is 2. The van der Waals surface area contributed by atoms with Gasteiger partial charge in [0.2, 0.25) is 0 Å². The zero-order valence-electron chi connectivity index (χ0n) is 10.2. The zero-order chi connectivity index (χ0) is 12.7. The minimum absolute atomic E-state index is 0.282. The predicted octanol–water partition coefficient (Wildman–Crippen LogP) is 3.92. The van der Waals surface area contributed by atoms with Crippen molar-refractivity contribution < 1.29 is 5.11 Å². The average Bonchev–Trinajstić information content (AvgIpc) is 2.69. The number of phenols is 1. The molecular formula is C14H15BrN2O. The first-order chi connectivity index (χ1) is 8.66. The van der Waals surface area contributed by atoms with Gasteiger partial charge in [-0.2, -0.15) is 0 Å². The fraction of sp³-hybridized carbons (Fsp3) is 0.357. The standard InChI is InChI=1S/C14H15BrN2O/c1-9-4-2-7-12-13(15)16-14(17(9)12)10-5-3-6-11(18)8-10/h3,5-6,8-9,18H,2,4,7H2,1H3. The summed E-state index contributed by atoms with van der Waals surface area (Å²) >= 11 is 3.55. The number of nitrogens with zero attached hydrogens (tertiary/aromatic N) is 2. The maximum atomic E-state index is 9.60. The summed E-state index contributed by atoms with van der Waals surface area (Å²) in [6.45, 7) is 2.23. The molecule has 0 amide bonds. The van der Waals surface area contributed by atoms with E-state index in [1.165, 1.54) is 18.5 Å². The van der Waals surface area contributed by atoms with Crippen molar-refractivity contribution in [3.8, 4) is 17.1 Å². The molecule has 1 aromatic carbocycles. The van der Waals surface area contributed by atoms with Crippen LogP contribution in [0.3, 0.4) is 0 Å². The van der Waals surface area contributed by atoms with Gasteiger partial charge >= 0.3 is 0 Å². The van der Waals surface area contributed by atoms with Crippen LogP contribution in [0, 0.1) is 0 Å². The Morgan fingerprint density at radius 2 is 2.28 bits per heavy atom. The van der Waals surface area contributed by atoms with E-state index in [4.69, 9.17) is 0 Å². The Labute approximate surface area is 115 Å². The number of aromatic hydroxyl groups is 1. The van der Waals surface area contributed by atoms with Crippen molar-refractivity contribution in [3.05, 3.63) is 34.6 Å². The van der Waals surface area contributed by atoms with Crippen LogP contribution in [-0.4, -0.2) is 14.7 Å². The molecule has 3 rings (SSSR count). The minimum Gasteiger partial charge on any atom is -0.508 e. The van der Waals surface area contributed by atoms with Gasteiger partial charge in [-0.25, -0.2) is 4.98 Å². The van der Waals surface area contributed by atoms with E-state index in [-0.39, 0.29) is 5.75 Å². The highest BCUT2D eigenvalue weighted by Gasteiger charge is 2.24. The lowest BCUT2D eigenvalue weighted by Crippen LogP contribution is -2.15. The van der Waals surface area contributed by atoms with Crippen molar-refractivity contribution in [2.45, 2.75) is 32.2 Å². The van der Waals surface area contributed by atoms with Crippen LogP contribution in [0.5, 0.6) is 5.75 Å². The first-order valence-corrected chi connectivity index (χ1v) is 7.02. The highest BCUT2D eigenvalue weighted by Crippen LogP contribution is 2.35. The van der Waals surface area contributed by atoms with Crippen molar-refractivity contribution in [1.82, 2.24) is 9.55 Å². The maximum absolute atomic E-state index is 9.60. The number of rotatable bonds is 1. The molecule has 1 aliphatic heterocycles. The average molecular weight is 307 g/mol. The topological polar surface area (TPSA) is 38.1 Å². The molecule has 1 aromatic heterocycles. The molecule has 0 aliphatic carbocycles. The van der Waals surface area contributed by atoms with Gasteiger partial charge in [-0.15, -0.1) is 0 Å². The molecule has 0 saturated heterocycles. The maximum Gasteiger partial charge on any atom is 0.141 e. The lowest BCUT2D eigenvalue weighted by molar-refractivity contribution is 0.434. The van der Waals surface area contributed by atoms with Crippen LogP contribution in [0.4, 0.5) is 0 Å². The van der Waals surface area contributed by atoms with Crippen LogP contribution in [-0.2, 0) is 6.42 Å². The highest BCUT2D eigenvalue weighted by molar-refractivity contribution is 9.10. The molecule has 1 N–H and O–H groups in total. The molecule has 94 valence electrons. The van der Waals surface area contributed by atoms with Gasteiger partial charge in [-0.1, -0.05) is 12.1 Å². The molecule has 0 bridgehead atoms. The van der Waals surface area contributed by atoms with E-state index >= 15 is 0 Å². The van der Waals surface area contributed by atoms with Crippen molar-refractivity contribution >= 4 is 15.9 Å². The molecule has 0 spiro atoms. The second-order valence-corrected chi connectivity index (χ2v) is 5.59. The molecule has 0 saturated carbocycles. The second-order valence-electron chi connectivity index (χ2n) is 4.83. The van der Waals surface area contributed by atoms with E-state index in [2.05, 4.69) is 32.4 Å². The Bertz CT molecular complexity index is 591. The first-order valence-electron chi connectivity index (χ1n) is 6.23. The van der Waals surface area contributed by atoms with Gasteiger partial charge in [-0.05, 0) is 54.2 Å². The van der Waals surface area contributed by atoms with E-state index < -0.39 is 0 Å². The monoisotopic (exact) mass is 306 g/mol. The molecule has 2 aromatic rings. The molecular weight excluding hydrogens is 292 g/mol. The van der Waals surface area contributed by atoms with Crippen LogP contribution in [0.15, 0.2) is 28.9 Å². The zero-order valence-corrected chi connectivity index (χ0v) is 11.8. The van der Waals surface area contributed by atoms with Gasteiger partial charge in [0.05, 0.1) is 5.69 Å². The molecule has 18 heavy (non-hydrogen) atoms. The fourth-order valence-electron chi connectivity index (χ4n) is 2.68. The van der Waals surface area contributed by atoms with Crippen LogP contribution < -0.4 is 0 Å². The van der Waals surface area contributed by atoms with E-state index in [0.717, 1.165) is 22.4 Å². The third-order valence-corrected chi connectivity index (χ3v) is 4.18. The molecule has 1 atom stereocenters. The number of imidazole rings is 1. The Hall–Kier alpha value is -1.29. The van der Waals surface area contributed by atoms with E-state index in [1.54, 1.807) is 12.1 Å². The first kappa shape index (κ1) is 11.8. The molecule has 1 aliphatic rings. The summed E-state index contributed by atoms with van der Waals surface area (Å²) in [5, 5.41) is 9.60. The van der Waals surface area contributed by atoms with Crippen molar-refractivity contribution in [2.24, 2.45) is 0 Å². The number of phenolic OH excluding ortho intramolecular Hbond substituents is 1. The number of hydrogen-bond acceptors (Lipinski definition) is 2. The van der Waals surface area contributed by atoms with Crippen LogP contribution in [0.25, 0.3) is 11.4 Å². The lowest BCUT2D eigenvalue weighted by atomic mass is 10.0. The Morgan fingerprint density at radius 3 is 3.06 bits per heavy atom. The van der Waals surface area contributed by atoms with Crippen LogP contribution >= 0.6 is 15.9 Å². The molecule has 1 unspecified atom stereocenters. The van der Waals surface area contributed by atoms with E-state index in [1.807, 2.05) is 12.1 Å². The van der Waals surface area contributed by atoms with Crippen LogP contribution in [0.2, 0.25) is 0 Å². The van der Waals surface area contributed by atoms with Gasteiger partial charge in [0.15, 0.2) is 0 Å². The summed E-state index contributed by atoms with van der Waals surface area (Å²) in [4.78, 5) is 4.62. The summed E-state index contributed by atoms with van der Waals surface area (Å²) in [6.07, 6.45) is 3.46. The molecule has 2 heterocycles. The second kappa shape index (κ2) is 4.43. The van der Waals surface area contributed by atoms with Crippen molar-refractivity contribution in [2.75, 3.05) is 0 Å². The predicted molar refractivity (Wildman–Crippen MR) is 74.7 cm³/mol.